The summed E-state index contributed by atoms with van der Waals surface area (Å²) in [5, 5.41) is 5.42. The van der Waals surface area contributed by atoms with E-state index in [0.29, 0.717) is 22.4 Å². The lowest BCUT2D eigenvalue weighted by molar-refractivity contribution is -0.123. The van der Waals surface area contributed by atoms with Crippen LogP contribution in [0.2, 0.25) is 0 Å². The van der Waals surface area contributed by atoms with Gasteiger partial charge in [0.1, 0.15) is 6.61 Å². The molecule has 2 aliphatic rings. The number of carbonyl (C=O) groups is 3. The van der Waals surface area contributed by atoms with Gasteiger partial charge in [0.2, 0.25) is 0 Å². The Kier molecular flexibility index (Phi) is 5.99. The molecule has 9 nitrogen and oxygen atoms in total. The van der Waals surface area contributed by atoms with Crippen LogP contribution in [-0.2, 0) is 22.4 Å². The zero-order chi connectivity index (χ0) is 23.5. The molecule has 1 atom stereocenters. The maximum absolute atomic E-state index is 12.9. The number of urea groups is 1. The van der Waals surface area contributed by atoms with E-state index in [2.05, 4.69) is 15.6 Å². The number of aryl methyl sites for hydroxylation is 1. The monoisotopic (exact) mass is 461 g/mol. The minimum atomic E-state index is -0.730. The van der Waals surface area contributed by atoms with Crippen molar-refractivity contribution in [1.82, 2.24) is 15.6 Å². The topological polar surface area (TPSA) is 116 Å². The van der Waals surface area contributed by atoms with Gasteiger partial charge in [-0.2, -0.15) is 0 Å². The van der Waals surface area contributed by atoms with Gasteiger partial charge in [0.05, 0.1) is 17.6 Å². The maximum atomic E-state index is 12.9. The molecule has 0 saturated carbocycles. The van der Waals surface area contributed by atoms with E-state index < -0.39 is 30.6 Å². The minimum absolute atomic E-state index is 0.141. The number of para-hydroxylation sites is 3. The third kappa shape index (κ3) is 4.50. The quantitative estimate of drug-likeness (QED) is 0.561. The molecule has 3 amide bonds. The Balaban J connectivity index is 1.14. The number of hydrogen-bond acceptors (Lipinski definition) is 7. The van der Waals surface area contributed by atoms with Crippen molar-refractivity contribution in [3.05, 3.63) is 65.4 Å². The van der Waals surface area contributed by atoms with Gasteiger partial charge in [-0.05, 0) is 43.0 Å². The molecule has 1 aromatic heterocycles. The van der Waals surface area contributed by atoms with Crippen LogP contribution in [0.15, 0.2) is 48.5 Å². The number of esters is 1. The average molecular weight is 461 g/mol. The highest BCUT2D eigenvalue weighted by atomic mass is 16.6. The van der Waals surface area contributed by atoms with Crippen LogP contribution in [0.4, 0.5) is 4.79 Å². The van der Waals surface area contributed by atoms with Gasteiger partial charge in [0, 0.05) is 11.1 Å². The van der Waals surface area contributed by atoms with E-state index >= 15 is 0 Å². The van der Waals surface area contributed by atoms with Crippen LogP contribution in [-0.4, -0.2) is 48.8 Å². The van der Waals surface area contributed by atoms with E-state index in [1.54, 1.807) is 12.1 Å². The van der Waals surface area contributed by atoms with Gasteiger partial charge in [0.25, 0.3) is 5.91 Å². The number of nitrogens with zero attached hydrogens (tertiary/aromatic N) is 1. The van der Waals surface area contributed by atoms with Gasteiger partial charge in [-0.15, -0.1) is 0 Å². The van der Waals surface area contributed by atoms with Crippen LogP contribution < -0.4 is 20.1 Å². The molecule has 0 saturated heterocycles. The second-order valence-electron chi connectivity index (χ2n) is 8.11. The second-order valence-corrected chi connectivity index (χ2v) is 8.11. The Labute approximate surface area is 195 Å². The number of hydrogen-bond donors (Lipinski definition) is 2. The van der Waals surface area contributed by atoms with Crippen LogP contribution in [0.1, 0.15) is 28.0 Å². The van der Waals surface area contributed by atoms with E-state index in [1.807, 2.05) is 36.4 Å². The number of carbonyl (C=O) groups excluding carboxylic acids is 3. The van der Waals surface area contributed by atoms with Gasteiger partial charge in [0.15, 0.2) is 24.2 Å². The summed E-state index contributed by atoms with van der Waals surface area (Å²) in [5.74, 6) is -0.0855. The van der Waals surface area contributed by atoms with Crippen molar-refractivity contribution < 1.29 is 28.6 Å². The Bertz CT molecular complexity index is 1270. The lowest BCUT2D eigenvalue weighted by Gasteiger charge is -2.26. The molecule has 1 aliphatic carbocycles. The van der Waals surface area contributed by atoms with E-state index in [9.17, 15) is 14.4 Å². The molecule has 0 fully saturated rings. The molecule has 1 unspecified atom stereocenters. The molecule has 34 heavy (non-hydrogen) atoms. The first-order valence-electron chi connectivity index (χ1n) is 11.1. The number of imide groups is 1. The highest BCUT2D eigenvalue weighted by Crippen LogP contribution is 2.31. The summed E-state index contributed by atoms with van der Waals surface area (Å²) >= 11 is 0. The third-order valence-electron chi connectivity index (χ3n) is 5.77. The normalized spacial score (nSPS) is 15.9. The van der Waals surface area contributed by atoms with Crippen molar-refractivity contribution in [2.45, 2.75) is 25.4 Å². The van der Waals surface area contributed by atoms with Crippen molar-refractivity contribution in [2.75, 3.05) is 19.8 Å². The highest BCUT2D eigenvalue weighted by molar-refractivity contribution is 6.06. The number of amides is 3. The zero-order valence-corrected chi connectivity index (χ0v) is 18.3. The summed E-state index contributed by atoms with van der Waals surface area (Å²) in [6, 6.07) is 13.9. The first kappa shape index (κ1) is 21.7. The second kappa shape index (κ2) is 9.38. The molecule has 2 heterocycles. The summed E-state index contributed by atoms with van der Waals surface area (Å²) in [6.45, 7) is -0.163. The lowest BCUT2D eigenvalue weighted by atomic mass is 10.0. The van der Waals surface area contributed by atoms with Crippen LogP contribution in [0, 0.1) is 0 Å². The Morgan fingerprint density at radius 1 is 1.03 bits per heavy atom. The molecule has 3 aromatic rings. The van der Waals surface area contributed by atoms with Gasteiger partial charge in [-0.1, -0.05) is 30.3 Å². The molecule has 2 N–H and O–H groups in total. The summed E-state index contributed by atoms with van der Waals surface area (Å²) in [7, 11) is 0. The molecular formula is C25H23N3O6. The number of pyridine rings is 1. The molecule has 174 valence electrons. The number of ether oxygens (including phenoxy) is 3. The highest BCUT2D eigenvalue weighted by Gasteiger charge is 2.25. The third-order valence-corrected chi connectivity index (χ3v) is 5.77. The van der Waals surface area contributed by atoms with Crippen LogP contribution in [0.25, 0.3) is 10.9 Å². The minimum Gasteiger partial charge on any atom is -0.486 e. The maximum Gasteiger partial charge on any atom is 0.339 e. The van der Waals surface area contributed by atoms with Gasteiger partial charge >= 0.3 is 12.0 Å². The predicted octanol–water partition coefficient (Wildman–Crippen LogP) is 2.55. The van der Waals surface area contributed by atoms with Crippen LogP contribution >= 0.6 is 0 Å². The van der Waals surface area contributed by atoms with Crippen molar-refractivity contribution in [1.29, 1.82) is 0 Å². The van der Waals surface area contributed by atoms with Crippen molar-refractivity contribution >= 4 is 28.8 Å². The summed E-state index contributed by atoms with van der Waals surface area (Å²) in [6.07, 6.45) is 2.07. The number of nitrogens with one attached hydrogen (secondary N) is 2. The van der Waals surface area contributed by atoms with Crippen molar-refractivity contribution in [3.8, 4) is 11.5 Å². The predicted molar refractivity (Wildman–Crippen MR) is 122 cm³/mol. The first-order valence-corrected chi connectivity index (χ1v) is 11.1. The molecule has 5 rings (SSSR count). The van der Waals surface area contributed by atoms with E-state index in [-0.39, 0.29) is 13.2 Å². The Hall–Kier alpha value is -4.14. The molecule has 0 spiro atoms. The molecule has 0 radical (unpaired) electrons. The van der Waals surface area contributed by atoms with E-state index in [1.165, 1.54) is 0 Å². The SMILES string of the molecule is O=C(COC(=O)c1c2c(nc3ccccc13)CCC2)NC(=O)NCC1COc2ccccc2O1. The lowest BCUT2D eigenvalue weighted by Crippen LogP contribution is -2.46. The fourth-order valence-corrected chi connectivity index (χ4v) is 4.22. The molecule has 2 aromatic carbocycles. The number of aromatic nitrogens is 1. The zero-order valence-electron chi connectivity index (χ0n) is 18.3. The fourth-order valence-electron chi connectivity index (χ4n) is 4.22. The Morgan fingerprint density at radius 3 is 2.71 bits per heavy atom. The Morgan fingerprint density at radius 2 is 1.82 bits per heavy atom. The van der Waals surface area contributed by atoms with Crippen LogP contribution in [0.5, 0.6) is 11.5 Å². The smallest absolute Gasteiger partial charge is 0.339 e. The van der Waals surface area contributed by atoms with Crippen LogP contribution in [0.3, 0.4) is 0 Å². The standard InChI is InChI=1S/C25H23N3O6/c29-22(28-25(31)26-12-15-13-32-20-10-3-4-11-21(20)34-15)14-33-24(30)23-16-6-1-2-8-18(16)27-19-9-5-7-17(19)23/h1-4,6,8,10-11,15H,5,7,9,12-14H2,(H2,26,28,29,31). The van der Waals surface area contributed by atoms with Crippen molar-refractivity contribution in [3.63, 3.8) is 0 Å². The van der Waals surface area contributed by atoms with E-state index in [4.69, 9.17) is 14.2 Å². The largest absolute Gasteiger partial charge is 0.486 e. The fraction of sp³-hybridized carbons (Fsp3) is 0.280. The van der Waals surface area contributed by atoms with Gasteiger partial charge < -0.3 is 19.5 Å². The number of fused-ring (bicyclic) bond motifs is 3. The first-order chi connectivity index (χ1) is 16.6. The summed E-state index contributed by atoms with van der Waals surface area (Å²) in [4.78, 5) is 41.8. The molecule has 0 bridgehead atoms. The van der Waals surface area contributed by atoms with Crippen molar-refractivity contribution in [2.24, 2.45) is 0 Å². The summed E-state index contributed by atoms with van der Waals surface area (Å²) in [5.41, 5.74) is 2.93. The molecule has 9 heteroatoms. The van der Waals surface area contributed by atoms with Gasteiger partial charge in [-0.3, -0.25) is 15.1 Å². The summed E-state index contributed by atoms with van der Waals surface area (Å²) < 4.78 is 16.6. The average Bonchev–Trinajstić information content (AvgIpc) is 3.32. The number of benzene rings is 2. The molecule has 1 aliphatic heterocycles. The molecular weight excluding hydrogens is 438 g/mol. The van der Waals surface area contributed by atoms with Gasteiger partial charge in [-0.25, -0.2) is 9.59 Å². The number of rotatable bonds is 5. The van der Waals surface area contributed by atoms with E-state index in [0.717, 1.165) is 36.0 Å².